The zero-order chi connectivity index (χ0) is 17.4. The van der Waals surface area contributed by atoms with Gasteiger partial charge in [0, 0.05) is 0 Å². The number of carbonyl (C=O) groups excluding carboxylic acids is 1. The van der Waals surface area contributed by atoms with Crippen molar-refractivity contribution in [2.45, 2.75) is 5.66 Å². The second-order valence-electron chi connectivity index (χ2n) is 4.47. The summed E-state index contributed by atoms with van der Waals surface area (Å²) in [5, 5.41) is 0.563. The van der Waals surface area contributed by atoms with E-state index in [0.717, 1.165) is 18.2 Å². The molecule has 0 amide bonds. The van der Waals surface area contributed by atoms with E-state index < -0.39 is 32.4 Å². The van der Waals surface area contributed by atoms with Crippen molar-refractivity contribution in [1.82, 2.24) is 0 Å². The molecule has 2 aromatic rings. The topological polar surface area (TPSA) is 83.8 Å². The number of carbonyl (C=O) groups is 1. The van der Waals surface area contributed by atoms with Crippen LogP contribution in [0.4, 0.5) is 13.0 Å². The van der Waals surface area contributed by atoms with Crippen LogP contribution < -0.4 is 0 Å². The van der Waals surface area contributed by atoms with Gasteiger partial charge in [0.25, 0.3) is 0 Å². The average molecular weight is 382 g/mol. The standard InChI is InChI=1S/C12H8F3O5P3/c13-12(14,23(17,18)19)10-4-3-7-1-2-8(5-9(7)6-10)11(16)20-22(15)21/h1-6H,(H2,17,18,19). The SMILES string of the molecule is O=C(OP(F)#P)c1ccc2ccc(C(F)(F)P(=O)(O)O)cc2c1. The summed E-state index contributed by atoms with van der Waals surface area (Å²) in [4.78, 5) is 29.1. The van der Waals surface area contributed by atoms with Crippen molar-refractivity contribution in [2.24, 2.45) is 0 Å². The number of halogens is 3. The number of rotatable bonds is 3. The minimum absolute atomic E-state index is 0.103. The zero-order valence-corrected chi connectivity index (χ0v) is 13.7. The Bertz CT molecular complexity index is 900. The molecule has 1 unspecified atom stereocenters. The summed E-state index contributed by atoms with van der Waals surface area (Å²) in [5.74, 6) is -1.03. The normalized spacial score (nSPS) is 13.0. The maximum atomic E-state index is 13.7. The first-order chi connectivity index (χ1) is 10.5. The predicted molar refractivity (Wildman–Crippen MR) is 80.2 cm³/mol. The van der Waals surface area contributed by atoms with E-state index in [1.165, 1.54) is 18.2 Å². The fourth-order valence-corrected chi connectivity index (χ4v) is 2.79. The first kappa shape index (κ1) is 18.2. The fourth-order valence-electron chi connectivity index (χ4n) is 1.85. The second kappa shape index (κ2) is 6.39. The molecule has 2 rings (SSSR count). The summed E-state index contributed by atoms with van der Waals surface area (Å²) < 4.78 is 55.2. The Kier molecular flexibility index (Phi) is 5.05. The van der Waals surface area contributed by atoms with Gasteiger partial charge in [0.05, 0.1) is 0 Å². The number of alkyl halides is 2. The van der Waals surface area contributed by atoms with Crippen LogP contribution in [0.25, 0.3) is 10.8 Å². The molecule has 0 spiro atoms. The number of hydrogen-bond acceptors (Lipinski definition) is 3. The second-order valence-corrected chi connectivity index (χ2v) is 7.70. The van der Waals surface area contributed by atoms with Gasteiger partial charge in [-0.15, -0.1) is 0 Å². The van der Waals surface area contributed by atoms with Gasteiger partial charge in [0.15, 0.2) is 0 Å². The molecule has 122 valence electrons. The van der Waals surface area contributed by atoms with Crippen LogP contribution in [0, 0.1) is 0 Å². The molecule has 0 heterocycles. The van der Waals surface area contributed by atoms with Crippen molar-refractivity contribution < 1.29 is 36.6 Å². The average Bonchev–Trinajstić information content (AvgIpc) is 2.44. The molecule has 23 heavy (non-hydrogen) atoms. The van der Waals surface area contributed by atoms with E-state index in [-0.39, 0.29) is 10.9 Å². The Morgan fingerprint density at radius 2 is 1.78 bits per heavy atom. The molecule has 0 aliphatic heterocycles. The van der Waals surface area contributed by atoms with E-state index in [2.05, 4.69) is 12.9 Å². The van der Waals surface area contributed by atoms with Crippen molar-refractivity contribution in [3.05, 3.63) is 47.5 Å². The zero-order valence-electron chi connectivity index (χ0n) is 11.1. The van der Waals surface area contributed by atoms with Gasteiger partial charge in [0.2, 0.25) is 0 Å². The van der Waals surface area contributed by atoms with E-state index in [1.807, 2.05) is 0 Å². The van der Waals surface area contributed by atoms with Gasteiger partial charge < -0.3 is 0 Å². The van der Waals surface area contributed by atoms with E-state index in [1.54, 1.807) is 0 Å². The molecule has 2 N–H and O–H groups in total. The Labute approximate surface area is 130 Å². The Morgan fingerprint density at radius 3 is 2.35 bits per heavy atom. The summed E-state index contributed by atoms with van der Waals surface area (Å²) in [5.41, 5.74) is -5.37. The third-order valence-corrected chi connectivity index (χ3v) is 4.50. The Balaban J connectivity index is 2.53. The minimum atomic E-state index is -5.70. The van der Waals surface area contributed by atoms with Crippen LogP contribution in [0.3, 0.4) is 0 Å². The molecule has 0 saturated carbocycles. The number of benzene rings is 2. The monoisotopic (exact) mass is 382 g/mol. The fraction of sp³-hybridized carbons (Fsp3) is 0.0833. The van der Waals surface area contributed by atoms with E-state index >= 15 is 0 Å². The van der Waals surface area contributed by atoms with Gasteiger partial charge in [-0.25, -0.2) is 0 Å². The molecular formula is C12H8F3O5P3. The third-order valence-electron chi connectivity index (χ3n) is 2.95. The summed E-state index contributed by atoms with van der Waals surface area (Å²) in [7, 11) is -5.11. The van der Waals surface area contributed by atoms with Crippen molar-refractivity contribution in [1.29, 1.82) is 0 Å². The summed E-state index contributed by atoms with van der Waals surface area (Å²) >= 11 is 0. The van der Waals surface area contributed by atoms with E-state index in [9.17, 15) is 22.3 Å². The quantitative estimate of drug-likeness (QED) is 0.743. The van der Waals surface area contributed by atoms with Crippen LogP contribution >= 0.6 is 23.5 Å². The van der Waals surface area contributed by atoms with Crippen molar-refractivity contribution in [2.75, 3.05) is 0 Å². The van der Waals surface area contributed by atoms with Crippen LogP contribution in [-0.4, -0.2) is 15.8 Å². The molecule has 11 heteroatoms. The number of fused-ring (bicyclic) bond motifs is 1. The molecule has 0 saturated heterocycles. The molecule has 2 aromatic carbocycles. The van der Waals surface area contributed by atoms with Gasteiger partial charge in [-0.3, -0.25) is 0 Å². The Hall–Kier alpha value is -1.16. The Morgan fingerprint density at radius 1 is 1.17 bits per heavy atom. The molecule has 0 radical (unpaired) electrons. The van der Waals surface area contributed by atoms with Crippen LogP contribution in [0.1, 0.15) is 15.9 Å². The van der Waals surface area contributed by atoms with Crippen LogP contribution in [0.15, 0.2) is 36.4 Å². The van der Waals surface area contributed by atoms with Crippen molar-refractivity contribution in [3.8, 4) is 0 Å². The molecule has 0 bridgehead atoms. The predicted octanol–water partition coefficient (Wildman–Crippen LogP) is 4.83. The van der Waals surface area contributed by atoms with Gasteiger partial charge in [-0.2, -0.15) is 0 Å². The van der Waals surface area contributed by atoms with Crippen LogP contribution in [-0.2, 0) is 14.8 Å². The summed E-state index contributed by atoms with van der Waals surface area (Å²) in [6, 6.07) is 6.83. The van der Waals surface area contributed by atoms with E-state index in [0.29, 0.717) is 5.39 Å². The molecule has 5 nitrogen and oxygen atoms in total. The summed E-state index contributed by atoms with van der Waals surface area (Å²) in [6.45, 7) is 0. The molecule has 0 fully saturated rings. The number of hydrogen-bond donors (Lipinski definition) is 2. The first-order valence-corrected chi connectivity index (χ1v) is 9.79. The van der Waals surface area contributed by atoms with Gasteiger partial charge in [0.1, 0.15) is 0 Å². The van der Waals surface area contributed by atoms with Crippen LogP contribution in [0.5, 0.6) is 0 Å². The third kappa shape index (κ3) is 3.85. The van der Waals surface area contributed by atoms with Gasteiger partial charge in [-0.1, -0.05) is 0 Å². The van der Waals surface area contributed by atoms with Gasteiger partial charge >= 0.3 is 130 Å². The molecule has 1 atom stereocenters. The van der Waals surface area contributed by atoms with Crippen molar-refractivity contribution in [3.63, 3.8) is 0 Å². The van der Waals surface area contributed by atoms with Crippen LogP contribution in [0.2, 0.25) is 0 Å². The molecule has 0 aromatic heterocycles. The first-order valence-electron chi connectivity index (χ1n) is 5.87. The van der Waals surface area contributed by atoms with Crippen molar-refractivity contribution >= 4 is 40.2 Å². The molecule has 0 aliphatic rings. The maximum absolute atomic E-state index is 13.7. The summed E-state index contributed by atoms with van der Waals surface area (Å²) in [6.07, 6.45) is 0. The van der Waals surface area contributed by atoms with Gasteiger partial charge in [-0.05, 0) is 0 Å². The van der Waals surface area contributed by atoms with E-state index in [4.69, 9.17) is 9.79 Å². The molecular weight excluding hydrogens is 374 g/mol. The molecule has 0 aliphatic carbocycles.